The van der Waals surface area contributed by atoms with Gasteiger partial charge in [0.15, 0.2) is 0 Å². The molecule has 1 aromatic rings. The Morgan fingerprint density at radius 3 is 1.44 bits per heavy atom. The second-order valence-corrected chi connectivity index (χ2v) is 17.7. The van der Waals surface area contributed by atoms with Crippen LogP contribution in [0.2, 0.25) is 0 Å². The quantitative estimate of drug-likeness (QED) is 0.0275. The summed E-state index contributed by atoms with van der Waals surface area (Å²) in [6, 6.07) is -0.0677. The van der Waals surface area contributed by atoms with E-state index in [4.69, 9.17) is 22.9 Å². The van der Waals surface area contributed by atoms with Crippen molar-refractivity contribution in [3.8, 4) is 0 Å². The van der Waals surface area contributed by atoms with Crippen LogP contribution in [-0.2, 0) is 49.6 Å². The topological polar surface area (TPSA) is 410 Å². The Bertz CT molecular complexity index is 1830. The summed E-state index contributed by atoms with van der Waals surface area (Å²) in [4.78, 5) is 121. The molecule has 0 aliphatic carbocycles. The van der Waals surface area contributed by atoms with E-state index in [9.17, 15) is 48.3 Å². The molecule has 8 atom stereocenters. The number of benzene rings is 1. The fourth-order valence-corrected chi connectivity index (χ4v) is 7.16. The summed E-state index contributed by atoms with van der Waals surface area (Å²) < 4.78 is 0. The minimum absolute atomic E-state index is 0.0300. The Labute approximate surface area is 423 Å². The third-order valence-electron chi connectivity index (χ3n) is 10.9. The minimum atomic E-state index is -1.33. The largest absolute Gasteiger partial charge is 0.391 e. The molecule has 0 spiro atoms. The highest BCUT2D eigenvalue weighted by molar-refractivity contribution is 5.98. The Balaban J connectivity index is 3.21. The molecule has 0 bridgehead atoms. The Morgan fingerprint density at radius 1 is 0.500 bits per heavy atom. The van der Waals surface area contributed by atoms with Crippen LogP contribution < -0.4 is 81.4 Å². The summed E-state index contributed by atoms with van der Waals surface area (Å²) in [5, 5.41) is 39.7. The second kappa shape index (κ2) is 37.0. The van der Waals surface area contributed by atoms with Crippen molar-refractivity contribution in [2.75, 3.05) is 65.4 Å². The van der Waals surface area contributed by atoms with Gasteiger partial charge >= 0.3 is 0 Å². The van der Waals surface area contributed by atoms with Crippen LogP contribution >= 0.6 is 0 Å². The maximum atomic E-state index is 14.2. The van der Waals surface area contributed by atoms with E-state index < -0.39 is 108 Å². The van der Waals surface area contributed by atoms with Crippen molar-refractivity contribution in [3.05, 3.63) is 35.9 Å². The molecule has 9 amide bonds. The first-order valence-electron chi connectivity index (χ1n) is 24.9. The zero-order chi connectivity index (χ0) is 54.0. The Morgan fingerprint density at radius 2 is 0.944 bits per heavy atom. The number of hydrogen-bond acceptors (Lipinski definition) is 16. The standard InChI is InChI=1S/C47H85N15O10/c1-6-22-52-23-11-24-53-27-38(64)56-32(14-18-48)41(66)55-28-39(65)57-33(15-19-49)42(67)61-37(26-31-12-9-8-10-13-31)46(71)60-36(25-29(3)4)45(70)59-34(16-20-50)43(68)58-35(17-21-51)44(69)62-40(30(5)63)47(72)54-7-2/h8-10,12-13,29-30,32-37,40,52-53,63H,6-7,11,14-28,48-51H2,1-5H3,(H,54,72)(H,55,66)(H,56,64)(H,57,65)(H,58,68)(H,59,70)(H,60,71)(H,61,67)(H,62,69)/t30?,32-,33-,34-,35-,36-,37+,40?/m0/s1. The molecule has 25 nitrogen and oxygen atoms in total. The molecule has 0 aromatic heterocycles. The lowest BCUT2D eigenvalue weighted by molar-refractivity contribution is -0.136. The molecule has 1 rings (SSSR count). The van der Waals surface area contributed by atoms with E-state index in [2.05, 4.69) is 65.4 Å². The van der Waals surface area contributed by atoms with Crippen LogP contribution in [0.5, 0.6) is 0 Å². The van der Waals surface area contributed by atoms with Crippen LogP contribution in [0.25, 0.3) is 0 Å². The fourth-order valence-electron chi connectivity index (χ4n) is 7.16. The molecular weight excluding hydrogens is 935 g/mol. The highest BCUT2D eigenvalue weighted by Crippen LogP contribution is 2.10. The molecule has 0 radical (unpaired) electrons. The first-order chi connectivity index (χ1) is 34.3. The number of amides is 9. The van der Waals surface area contributed by atoms with Crippen LogP contribution in [-0.4, -0.2) is 172 Å². The van der Waals surface area contributed by atoms with Crippen LogP contribution in [0, 0.1) is 5.92 Å². The van der Waals surface area contributed by atoms with Crippen LogP contribution in [0.3, 0.4) is 0 Å². The molecule has 0 heterocycles. The van der Waals surface area contributed by atoms with E-state index in [0.29, 0.717) is 12.1 Å². The van der Waals surface area contributed by atoms with Crippen molar-refractivity contribution in [1.82, 2.24) is 58.5 Å². The fraction of sp³-hybridized carbons (Fsp3) is 0.681. The number of aliphatic hydroxyl groups is 1. The van der Waals surface area contributed by atoms with E-state index in [1.807, 2.05) is 13.8 Å². The normalized spacial score (nSPS) is 14.4. The molecule has 0 saturated heterocycles. The van der Waals surface area contributed by atoms with Crippen LogP contribution in [0.15, 0.2) is 30.3 Å². The predicted molar refractivity (Wildman–Crippen MR) is 272 cm³/mol. The number of likely N-dealkylation sites (N-methyl/N-ethyl adjacent to an activating group) is 1. The van der Waals surface area contributed by atoms with Gasteiger partial charge in [-0.05, 0) is 116 Å². The summed E-state index contributed by atoms with van der Waals surface area (Å²) in [5.74, 6) is -6.62. The van der Waals surface area contributed by atoms with Gasteiger partial charge in [0.1, 0.15) is 42.3 Å². The number of rotatable bonds is 38. The van der Waals surface area contributed by atoms with E-state index in [0.717, 1.165) is 25.9 Å². The Hall–Kier alpha value is -5.83. The average Bonchev–Trinajstić information content (AvgIpc) is 3.33. The highest BCUT2D eigenvalue weighted by Gasteiger charge is 2.34. The molecule has 25 heteroatoms. The summed E-state index contributed by atoms with van der Waals surface area (Å²) in [5.41, 5.74) is 23.8. The van der Waals surface area contributed by atoms with Crippen molar-refractivity contribution >= 4 is 53.2 Å². The third kappa shape index (κ3) is 26.0. The van der Waals surface area contributed by atoms with Gasteiger partial charge in [0.05, 0.1) is 19.2 Å². The molecule has 0 aliphatic rings. The number of carbonyl (C=O) groups excluding carboxylic acids is 9. The molecular formula is C47H85N15O10. The monoisotopic (exact) mass is 1020 g/mol. The van der Waals surface area contributed by atoms with E-state index in [-0.39, 0.29) is 83.7 Å². The van der Waals surface area contributed by atoms with Gasteiger partial charge in [-0.25, -0.2) is 0 Å². The van der Waals surface area contributed by atoms with Crippen LogP contribution in [0.1, 0.15) is 85.1 Å². The molecule has 2 unspecified atom stereocenters. The SMILES string of the molecule is CCCNCCCNCC(=O)N[C@@H](CCN)C(=O)NCC(=O)N[C@@H](CCN)C(=O)N[C@H](Cc1ccccc1)C(=O)N[C@@H](CC(C)C)C(=O)N[C@@H](CCN)C(=O)N[C@@H](CCN)C(=O)NC(C(=O)NCC)C(C)O. The highest BCUT2D eigenvalue weighted by atomic mass is 16.3. The summed E-state index contributed by atoms with van der Waals surface area (Å²) in [6.07, 6.45) is 0.449. The summed E-state index contributed by atoms with van der Waals surface area (Å²) >= 11 is 0. The van der Waals surface area contributed by atoms with Gasteiger partial charge in [-0.2, -0.15) is 0 Å². The molecule has 72 heavy (non-hydrogen) atoms. The minimum Gasteiger partial charge on any atom is -0.391 e. The molecule has 0 fully saturated rings. The van der Waals surface area contributed by atoms with Gasteiger partial charge < -0.3 is 86.5 Å². The average molecular weight is 1020 g/mol. The number of nitrogens with two attached hydrogens (primary N) is 4. The maximum Gasteiger partial charge on any atom is 0.245 e. The first-order valence-corrected chi connectivity index (χ1v) is 24.9. The van der Waals surface area contributed by atoms with Crippen molar-refractivity contribution in [3.63, 3.8) is 0 Å². The molecule has 1 aromatic carbocycles. The molecule has 20 N–H and O–H groups in total. The number of aliphatic hydroxyl groups excluding tert-OH is 1. The zero-order valence-electron chi connectivity index (χ0n) is 42.7. The third-order valence-corrected chi connectivity index (χ3v) is 10.9. The van der Waals surface area contributed by atoms with Crippen molar-refractivity contribution in [2.45, 2.75) is 134 Å². The lowest BCUT2D eigenvalue weighted by Gasteiger charge is -2.28. The van der Waals surface area contributed by atoms with E-state index >= 15 is 0 Å². The van der Waals surface area contributed by atoms with Crippen molar-refractivity contribution in [1.29, 1.82) is 0 Å². The first kappa shape index (κ1) is 64.2. The second-order valence-electron chi connectivity index (χ2n) is 17.7. The van der Waals surface area contributed by atoms with Gasteiger partial charge in [0.2, 0.25) is 53.2 Å². The maximum absolute atomic E-state index is 14.2. The molecule has 0 aliphatic heterocycles. The van der Waals surface area contributed by atoms with Gasteiger partial charge in [-0.1, -0.05) is 51.1 Å². The number of hydrogen-bond donors (Lipinski definition) is 16. The van der Waals surface area contributed by atoms with E-state index in [1.54, 1.807) is 37.3 Å². The molecule has 0 saturated carbocycles. The smallest absolute Gasteiger partial charge is 0.245 e. The van der Waals surface area contributed by atoms with Crippen molar-refractivity contribution < 1.29 is 48.3 Å². The lowest BCUT2D eigenvalue weighted by Crippen LogP contribution is -2.61. The number of nitrogens with one attached hydrogen (secondary N) is 11. The van der Waals surface area contributed by atoms with Gasteiger partial charge in [0.25, 0.3) is 0 Å². The van der Waals surface area contributed by atoms with Gasteiger partial charge in [0, 0.05) is 13.0 Å². The predicted octanol–water partition coefficient (Wildman–Crippen LogP) is -5.32. The Kier molecular flexibility index (Phi) is 33.0. The number of carbonyl (C=O) groups is 9. The van der Waals surface area contributed by atoms with Gasteiger partial charge in [-0.3, -0.25) is 43.2 Å². The molecule has 408 valence electrons. The summed E-state index contributed by atoms with van der Waals surface area (Å²) in [7, 11) is 0. The van der Waals surface area contributed by atoms with Gasteiger partial charge in [-0.15, -0.1) is 0 Å². The van der Waals surface area contributed by atoms with Crippen molar-refractivity contribution in [2.24, 2.45) is 28.9 Å². The van der Waals surface area contributed by atoms with E-state index in [1.165, 1.54) is 6.92 Å². The lowest BCUT2D eigenvalue weighted by atomic mass is 10.00. The van der Waals surface area contributed by atoms with Crippen LogP contribution in [0.4, 0.5) is 0 Å². The zero-order valence-corrected chi connectivity index (χ0v) is 42.7. The summed E-state index contributed by atoms with van der Waals surface area (Å²) in [6.45, 7) is 10.5.